The second kappa shape index (κ2) is 6.37. The summed E-state index contributed by atoms with van der Waals surface area (Å²) in [6.45, 7) is 7.35. The van der Waals surface area contributed by atoms with Crippen molar-refractivity contribution in [3.05, 3.63) is 29.3 Å². The van der Waals surface area contributed by atoms with Gasteiger partial charge in [0.1, 0.15) is 18.5 Å². The maximum absolute atomic E-state index is 5.87. The highest BCUT2D eigenvalue weighted by atomic mass is 16.5. The fourth-order valence-electron chi connectivity index (χ4n) is 2.27. The van der Waals surface area contributed by atoms with Crippen molar-refractivity contribution >= 4 is 0 Å². The van der Waals surface area contributed by atoms with E-state index in [4.69, 9.17) is 15.2 Å². The van der Waals surface area contributed by atoms with Gasteiger partial charge < -0.3 is 20.1 Å². The van der Waals surface area contributed by atoms with E-state index < -0.39 is 0 Å². The summed E-state index contributed by atoms with van der Waals surface area (Å²) in [6, 6.07) is 6.18. The van der Waals surface area contributed by atoms with E-state index in [1.165, 1.54) is 0 Å². The van der Waals surface area contributed by atoms with Crippen LogP contribution >= 0.6 is 0 Å². The average Bonchev–Trinajstić information content (AvgIpc) is 2.37. The van der Waals surface area contributed by atoms with Gasteiger partial charge in [0, 0.05) is 19.1 Å². The standard InChI is InChI=1S/C15H24N2O2/c1-11-8-13(12(2)16)4-5-15(11)19-10-14-9-17(3)6-7-18-14/h4-5,8,12,14H,6-7,9-10,16H2,1-3H3/t12-,14?/m1/s1. The molecular formula is C15H24N2O2. The Balaban J connectivity index is 1.92. The Hall–Kier alpha value is -1.10. The van der Waals surface area contributed by atoms with Gasteiger partial charge >= 0.3 is 0 Å². The second-order valence-electron chi connectivity index (χ2n) is 5.38. The molecule has 2 rings (SSSR count). The third-order valence-electron chi connectivity index (χ3n) is 3.49. The Bertz CT molecular complexity index is 421. The molecule has 106 valence electrons. The monoisotopic (exact) mass is 264 g/mol. The zero-order chi connectivity index (χ0) is 13.8. The number of rotatable bonds is 4. The molecule has 1 aromatic rings. The molecule has 4 heteroatoms. The number of ether oxygens (including phenoxy) is 2. The Morgan fingerprint density at radius 3 is 2.95 bits per heavy atom. The van der Waals surface area contributed by atoms with Gasteiger partial charge in [-0.15, -0.1) is 0 Å². The number of likely N-dealkylation sites (N-methyl/N-ethyl adjacent to an activating group) is 1. The molecule has 4 nitrogen and oxygen atoms in total. The average molecular weight is 264 g/mol. The number of morpholine rings is 1. The number of benzene rings is 1. The van der Waals surface area contributed by atoms with Gasteiger partial charge in [0.05, 0.1) is 6.61 Å². The minimum absolute atomic E-state index is 0.0584. The molecule has 0 saturated carbocycles. The van der Waals surface area contributed by atoms with Crippen LogP contribution in [0.5, 0.6) is 5.75 Å². The highest BCUT2D eigenvalue weighted by molar-refractivity contribution is 5.37. The second-order valence-corrected chi connectivity index (χ2v) is 5.38. The van der Waals surface area contributed by atoms with Gasteiger partial charge in [0.2, 0.25) is 0 Å². The Labute approximate surface area is 115 Å². The van der Waals surface area contributed by atoms with Crippen LogP contribution < -0.4 is 10.5 Å². The summed E-state index contributed by atoms with van der Waals surface area (Å²) in [7, 11) is 2.11. The molecule has 2 N–H and O–H groups in total. The van der Waals surface area contributed by atoms with Crippen molar-refractivity contribution in [1.82, 2.24) is 4.90 Å². The molecule has 0 aromatic heterocycles. The summed E-state index contributed by atoms with van der Waals surface area (Å²) in [5, 5.41) is 0. The Morgan fingerprint density at radius 2 is 2.32 bits per heavy atom. The van der Waals surface area contributed by atoms with E-state index in [1.807, 2.05) is 19.1 Å². The zero-order valence-electron chi connectivity index (χ0n) is 12.1. The van der Waals surface area contributed by atoms with Crippen LogP contribution in [-0.4, -0.2) is 44.4 Å². The Morgan fingerprint density at radius 1 is 1.53 bits per heavy atom. The fourth-order valence-corrected chi connectivity index (χ4v) is 2.27. The molecule has 19 heavy (non-hydrogen) atoms. The predicted octanol–water partition coefficient (Wildman–Crippen LogP) is 1.72. The van der Waals surface area contributed by atoms with E-state index in [0.29, 0.717) is 6.61 Å². The molecule has 0 radical (unpaired) electrons. The van der Waals surface area contributed by atoms with Crippen molar-refractivity contribution in [2.75, 3.05) is 33.4 Å². The van der Waals surface area contributed by atoms with Crippen LogP contribution in [0, 0.1) is 6.92 Å². The van der Waals surface area contributed by atoms with E-state index >= 15 is 0 Å². The summed E-state index contributed by atoms with van der Waals surface area (Å²) < 4.78 is 11.6. The topological polar surface area (TPSA) is 47.7 Å². The summed E-state index contributed by atoms with van der Waals surface area (Å²) >= 11 is 0. The predicted molar refractivity (Wildman–Crippen MR) is 76.5 cm³/mol. The molecule has 1 saturated heterocycles. The van der Waals surface area contributed by atoms with Crippen LogP contribution in [-0.2, 0) is 4.74 Å². The largest absolute Gasteiger partial charge is 0.491 e. The molecule has 1 aliphatic rings. The SMILES string of the molecule is Cc1cc([C@@H](C)N)ccc1OCC1CN(C)CCO1. The molecule has 2 atom stereocenters. The van der Waals surface area contributed by atoms with Crippen LogP contribution in [0.3, 0.4) is 0 Å². The van der Waals surface area contributed by atoms with Crippen molar-refractivity contribution in [2.45, 2.75) is 26.0 Å². The summed E-state index contributed by atoms with van der Waals surface area (Å²) in [4.78, 5) is 2.27. The van der Waals surface area contributed by atoms with E-state index in [9.17, 15) is 0 Å². The van der Waals surface area contributed by atoms with Crippen LogP contribution in [0.2, 0.25) is 0 Å². The smallest absolute Gasteiger partial charge is 0.122 e. The van der Waals surface area contributed by atoms with Crippen LogP contribution in [0.4, 0.5) is 0 Å². The maximum atomic E-state index is 5.87. The van der Waals surface area contributed by atoms with Crippen molar-refractivity contribution in [1.29, 1.82) is 0 Å². The highest BCUT2D eigenvalue weighted by Gasteiger charge is 2.18. The molecule has 0 aliphatic carbocycles. The van der Waals surface area contributed by atoms with Gasteiger partial charge in [-0.2, -0.15) is 0 Å². The molecule has 1 fully saturated rings. The molecule has 0 amide bonds. The summed E-state index contributed by atoms with van der Waals surface area (Å²) in [5.74, 6) is 0.918. The number of hydrogen-bond acceptors (Lipinski definition) is 4. The first-order valence-electron chi connectivity index (χ1n) is 6.85. The summed E-state index contributed by atoms with van der Waals surface area (Å²) in [6.07, 6.45) is 0.159. The normalized spacial score (nSPS) is 22.2. The molecule has 0 bridgehead atoms. The molecule has 1 aromatic carbocycles. The first kappa shape index (κ1) is 14.3. The van der Waals surface area contributed by atoms with Crippen molar-refractivity contribution in [3.63, 3.8) is 0 Å². The van der Waals surface area contributed by atoms with E-state index in [2.05, 4.69) is 24.9 Å². The Kier molecular flexibility index (Phi) is 4.80. The highest BCUT2D eigenvalue weighted by Crippen LogP contribution is 2.22. The molecule has 1 unspecified atom stereocenters. The fraction of sp³-hybridized carbons (Fsp3) is 0.600. The van der Waals surface area contributed by atoms with Crippen LogP contribution in [0.25, 0.3) is 0 Å². The van der Waals surface area contributed by atoms with Crippen LogP contribution in [0.15, 0.2) is 18.2 Å². The summed E-state index contributed by atoms with van der Waals surface area (Å²) in [5.41, 5.74) is 8.13. The molecule has 1 heterocycles. The molecule has 1 aliphatic heterocycles. The number of nitrogens with two attached hydrogens (primary N) is 1. The van der Waals surface area contributed by atoms with Gasteiger partial charge in [-0.05, 0) is 38.1 Å². The van der Waals surface area contributed by atoms with Gasteiger partial charge in [-0.3, -0.25) is 0 Å². The van der Waals surface area contributed by atoms with Gasteiger partial charge in [0.25, 0.3) is 0 Å². The van der Waals surface area contributed by atoms with Crippen molar-refractivity contribution < 1.29 is 9.47 Å². The number of nitrogens with zero attached hydrogens (tertiary/aromatic N) is 1. The van der Waals surface area contributed by atoms with E-state index in [0.717, 1.165) is 36.6 Å². The van der Waals surface area contributed by atoms with Crippen LogP contribution in [0.1, 0.15) is 24.1 Å². The lowest BCUT2D eigenvalue weighted by atomic mass is 10.1. The van der Waals surface area contributed by atoms with Gasteiger partial charge in [-0.25, -0.2) is 0 Å². The third-order valence-corrected chi connectivity index (χ3v) is 3.49. The minimum atomic E-state index is 0.0584. The maximum Gasteiger partial charge on any atom is 0.122 e. The number of aryl methyl sites for hydroxylation is 1. The lowest BCUT2D eigenvalue weighted by molar-refractivity contribution is -0.0404. The molecule has 0 spiro atoms. The van der Waals surface area contributed by atoms with E-state index in [-0.39, 0.29) is 12.1 Å². The molecular weight excluding hydrogens is 240 g/mol. The first-order chi connectivity index (χ1) is 9.06. The quantitative estimate of drug-likeness (QED) is 0.899. The first-order valence-corrected chi connectivity index (χ1v) is 6.85. The van der Waals surface area contributed by atoms with Gasteiger partial charge in [-0.1, -0.05) is 12.1 Å². The number of hydrogen-bond donors (Lipinski definition) is 1. The van der Waals surface area contributed by atoms with Gasteiger partial charge in [0.15, 0.2) is 0 Å². The third kappa shape index (κ3) is 3.93. The zero-order valence-corrected chi connectivity index (χ0v) is 12.1. The lowest BCUT2D eigenvalue weighted by Gasteiger charge is -2.30. The van der Waals surface area contributed by atoms with Crippen molar-refractivity contribution in [2.24, 2.45) is 5.73 Å². The van der Waals surface area contributed by atoms with E-state index in [1.54, 1.807) is 0 Å². The lowest BCUT2D eigenvalue weighted by Crippen LogP contribution is -2.42. The minimum Gasteiger partial charge on any atom is -0.491 e. The van der Waals surface area contributed by atoms with Crippen molar-refractivity contribution in [3.8, 4) is 5.75 Å².